The van der Waals surface area contributed by atoms with Gasteiger partial charge in [-0.3, -0.25) is 0 Å². The molecular weight excluding hydrogens is 339 g/mol. The van der Waals surface area contributed by atoms with E-state index in [0.29, 0.717) is 11.5 Å². The molecule has 0 fully saturated rings. The Balaban J connectivity index is 2.08. The van der Waals surface area contributed by atoms with Crippen molar-refractivity contribution in [2.45, 2.75) is 25.2 Å². The van der Waals surface area contributed by atoms with E-state index in [-0.39, 0.29) is 12.4 Å². The first kappa shape index (κ1) is 17.1. The summed E-state index contributed by atoms with van der Waals surface area (Å²) in [4.78, 5) is 3.65. The van der Waals surface area contributed by atoms with Gasteiger partial charge in [0.15, 0.2) is 5.82 Å². The van der Waals surface area contributed by atoms with Crippen molar-refractivity contribution < 1.29 is 22.7 Å². The van der Waals surface area contributed by atoms with Crippen molar-refractivity contribution in [3.63, 3.8) is 0 Å². The van der Waals surface area contributed by atoms with Gasteiger partial charge >= 0.3 is 6.18 Å². The molecule has 134 valence electrons. The lowest BCUT2D eigenvalue weighted by Crippen LogP contribution is -2.45. The molecule has 0 spiro atoms. The summed E-state index contributed by atoms with van der Waals surface area (Å²) < 4.78 is 48.8. The molecule has 0 aliphatic heterocycles. The van der Waals surface area contributed by atoms with Crippen LogP contribution < -0.4 is 5.73 Å². The summed E-state index contributed by atoms with van der Waals surface area (Å²) in [5.41, 5.74) is 1.89. The summed E-state index contributed by atoms with van der Waals surface area (Å²) in [7, 11) is 1.35. The van der Waals surface area contributed by atoms with Gasteiger partial charge in [-0.2, -0.15) is 18.3 Å². The molecule has 3 heterocycles. The molecule has 0 unspecified atom stereocenters. The predicted molar refractivity (Wildman–Crippen MR) is 81.4 cm³/mol. The van der Waals surface area contributed by atoms with Crippen LogP contribution in [0, 0.1) is 6.92 Å². The number of hydrogen-bond acceptors (Lipinski definition) is 5. The minimum Gasteiger partial charge on any atom is -0.464 e. The number of rotatable bonds is 4. The van der Waals surface area contributed by atoms with Crippen molar-refractivity contribution in [2.75, 3.05) is 5.73 Å². The fourth-order valence-corrected chi connectivity index (χ4v) is 2.63. The maximum absolute atomic E-state index is 13.7. The van der Waals surface area contributed by atoms with Gasteiger partial charge in [0.1, 0.15) is 23.9 Å². The van der Waals surface area contributed by atoms with Crippen LogP contribution in [0.15, 0.2) is 35.1 Å². The average Bonchev–Trinajstić information content (AvgIpc) is 3.21. The van der Waals surface area contributed by atoms with Gasteiger partial charge in [0.25, 0.3) is 0 Å². The quantitative estimate of drug-likeness (QED) is 0.746. The third-order valence-corrected chi connectivity index (χ3v) is 3.93. The lowest BCUT2D eigenvalue weighted by atomic mass is 9.94. The monoisotopic (exact) mass is 355 g/mol. The number of nitrogens with zero attached hydrogens (tertiary/aromatic N) is 4. The van der Waals surface area contributed by atoms with Crippen LogP contribution in [0.4, 0.5) is 19.0 Å². The molecule has 3 aromatic rings. The van der Waals surface area contributed by atoms with Gasteiger partial charge < -0.3 is 19.8 Å². The molecule has 0 aliphatic carbocycles. The highest BCUT2D eigenvalue weighted by Gasteiger charge is 2.60. The summed E-state index contributed by atoms with van der Waals surface area (Å²) in [5, 5.41) is 14.4. The SMILES string of the molecule is Cc1ccc(Cn2ncc([C@](O)(c3nccn3C)C(F)(F)F)c2N)o1. The zero-order chi connectivity index (χ0) is 18.4. The average molecular weight is 355 g/mol. The maximum atomic E-state index is 13.7. The number of alkyl halides is 3. The fourth-order valence-electron chi connectivity index (χ4n) is 2.63. The molecular formula is C15H16F3N5O2. The molecule has 7 nitrogen and oxygen atoms in total. The number of halogens is 3. The van der Waals surface area contributed by atoms with Crippen molar-refractivity contribution in [1.82, 2.24) is 19.3 Å². The van der Waals surface area contributed by atoms with E-state index in [4.69, 9.17) is 10.2 Å². The first-order valence-electron chi connectivity index (χ1n) is 7.28. The van der Waals surface area contributed by atoms with Gasteiger partial charge in [-0.15, -0.1) is 0 Å². The van der Waals surface area contributed by atoms with Crippen LogP contribution in [0.5, 0.6) is 0 Å². The fraction of sp³-hybridized carbons (Fsp3) is 0.333. The van der Waals surface area contributed by atoms with Crippen LogP contribution in [-0.4, -0.2) is 30.6 Å². The molecule has 0 aromatic carbocycles. The van der Waals surface area contributed by atoms with Crippen LogP contribution in [0.25, 0.3) is 0 Å². The molecule has 1 atom stereocenters. The normalized spacial score (nSPS) is 14.6. The van der Waals surface area contributed by atoms with Crippen LogP contribution in [0.3, 0.4) is 0 Å². The number of aromatic nitrogens is 4. The Labute approximate surface area is 140 Å². The molecule has 0 saturated heterocycles. The van der Waals surface area contributed by atoms with Crippen LogP contribution >= 0.6 is 0 Å². The van der Waals surface area contributed by atoms with Crippen LogP contribution in [-0.2, 0) is 19.2 Å². The molecule has 10 heteroatoms. The van der Waals surface area contributed by atoms with Gasteiger partial charge in [-0.1, -0.05) is 0 Å². The number of aryl methyl sites for hydroxylation is 2. The largest absolute Gasteiger partial charge is 0.464 e. The Morgan fingerprint density at radius 3 is 2.56 bits per heavy atom. The minimum absolute atomic E-state index is 0.0359. The zero-order valence-electron chi connectivity index (χ0n) is 13.4. The van der Waals surface area contributed by atoms with E-state index in [1.165, 1.54) is 13.2 Å². The minimum atomic E-state index is -5.05. The Kier molecular flexibility index (Phi) is 3.87. The third kappa shape index (κ3) is 2.68. The number of nitrogen functional groups attached to an aromatic ring is 1. The van der Waals surface area contributed by atoms with Crippen molar-refractivity contribution in [1.29, 1.82) is 0 Å². The van der Waals surface area contributed by atoms with Crippen molar-refractivity contribution >= 4 is 5.82 Å². The maximum Gasteiger partial charge on any atom is 0.429 e. The first-order valence-corrected chi connectivity index (χ1v) is 7.28. The number of hydrogen-bond donors (Lipinski definition) is 2. The van der Waals surface area contributed by atoms with E-state index < -0.39 is 23.2 Å². The smallest absolute Gasteiger partial charge is 0.429 e. The van der Waals surface area contributed by atoms with E-state index in [2.05, 4.69) is 10.1 Å². The van der Waals surface area contributed by atoms with Gasteiger partial charge in [0.2, 0.25) is 5.60 Å². The second-order valence-electron chi connectivity index (χ2n) is 5.68. The summed E-state index contributed by atoms with van der Waals surface area (Å²) in [6.45, 7) is 1.78. The van der Waals surface area contributed by atoms with Crippen molar-refractivity contribution in [3.8, 4) is 0 Å². The molecule has 0 radical (unpaired) electrons. The van der Waals surface area contributed by atoms with Crippen LogP contribution in [0.1, 0.15) is 22.9 Å². The second kappa shape index (κ2) is 5.66. The summed E-state index contributed by atoms with van der Waals surface area (Å²) in [5.74, 6) is 0.212. The molecule has 0 amide bonds. The Morgan fingerprint density at radius 1 is 1.32 bits per heavy atom. The van der Waals surface area contributed by atoms with E-state index >= 15 is 0 Å². The molecule has 3 N–H and O–H groups in total. The molecule has 0 saturated carbocycles. The predicted octanol–water partition coefficient (Wildman–Crippen LogP) is 1.95. The first-order chi connectivity index (χ1) is 11.6. The Bertz CT molecular complexity index is 895. The molecule has 3 aromatic heterocycles. The van der Waals surface area contributed by atoms with Gasteiger partial charge in [-0.25, -0.2) is 9.67 Å². The summed E-state index contributed by atoms with van der Waals surface area (Å²) in [6, 6.07) is 3.39. The highest BCUT2D eigenvalue weighted by molar-refractivity contribution is 5.47. The topological polar surface area (TPSA) is 95.0 Å². The van der Waals surface area contributed by atoms with Crippen molar-refractivity contribution in [3.05, 3.63) is 53.6 Å². The zero-order valence-corrected chi connectivity index (χ0v) is 13.4. The van der Waals surface area contributed by atoms with E-state index in [1.807, 2.05) is 0 Å². The number of aliphatic hydroxyl groups is 1. The lowest BCUT2D eigenvalue weighted by Gasteiger charge is -2.29. The highest BCUT2D eigenvalue weighted by Crippen LogP contribution is 2.45. The molecule has 3 rings (SSSR count). The number of furan rings is 1. The summed E-state index contributed by atoms with van der Waals surface area (Å²) >= 11 is 0. The van der Waals surface area contributed by atoms with E-state index in [0.717, 1.165) is 21.6 Å². The number of imidazole rings is 1. The second-order valence-corrected chi connectivity index (χ2v) is 5.68. The standard InChI is InChI=1S/C15H16F3N5O2/c1-9-3-4-10(25-9)8-23-12(19)11(7-21-23)14(24,15(16,17)18)13-20-5-6-22(13)2/h3-7,24H,8,19H2,1-2H3/t14-/m0/s1. The van der Waals surface area contributed by atoms with Crippen molar-refractivity contribution in [2.24, 2.45) is 7.05 Å². The van der Waals surface area contributed by atoms with E-state index in [1.54, 1.807) is 19.1 Å². The van der Waals surface area contributed by atoms with Crippen LogP contribution in [0.2, 0.25) is 0 Å². The number of anilines is 1. The Morgan fingerprint density at radius 2 is 2.04 bits per heavy atom. The number of nitrogens with two attached hydrogens (primary N) is 1. The van der Waals surface area contributed by atoms with Gasteiger partial charge in [0, 0.05) is 19.4 Å². The lowest BCUT2D eigenvalue weighted by molar-refractivity contribution is -0.251. The molecule has 25 heavy (non-hydrogen) atoms. The third-order valence-electron chi connectivity index (χ3n) is 3.93. The summed E-state index contributed by atoms with van der Waals surface area (Å²) in [6.07, 6.45) is -1.68. The van der Waals surface area contributed by atoms with Gasteiger partial charge in [-0.05, 0) is 19.1 Å². The van der Waals surface area contributed by atoms with Gasteiger partial charge in [0.05, 0.1) is 11.8 Å². The Hall–Kier alpha value is -2.75. The van der Waals surface area contributed by atoms with E-state index in [9.17, 15) is 18.3 Å². The highest BCUT2D eigenvalue weighted by atomic mass is 19.4. The molecule has 0 bridgehead atoms. The molecule has 0 aliphatic rings.